The molecule has 0 unspecified atom stereocenters. The van der Waals surface area contributed by atoms with Gasteiger partial charge in [0.15, 0.2) is 0 Å². The first-order valence-corrected chi connectivity index (χ1v) is 7.55. The van der Waals surface area contributed by atoms with Crippen LogP contribution in [0.15, 0.2) is 51.4 Å². The minimum atomic E-state index is -0.336. The number of hydrogen-bond donors (Lipinski definition) is 1. The third-order valence-corrected chi connectivity index (χ3v) is 4.01. The van der Waals surface area contributed by atoms with Crippen LogP contribution in [0.3, 0.4) is 0 Å². The number of nitrogens with one attached hydrogen (secondary N) is 1. The number of methoxy groups -OCH3 is 1. The van der Waals surface area contributed by atoms with Crippen LogP contribution in [0.1, 0.15) is 15.9 Å². The van der Waals surface area contributed by atoms with Gasteiger partial charge in [-0.15, -0.1) is 0 Å². The summed E-state index contributed by atoms with van der Waals surface area (Å²) in [6.45, 7) is 0.665. The van der Waals surface area contributed by atoms with E-state index in [1.807, 2.05) is 30.3 Å². The second kappa shape index (κ2) is 6.90. The summed E-state index contributed by atoms with van der Waals surface area (Å²) in [6.07, 6.45) is 0. The van der Waals surface area contributed by atoms with Crippen molar-refractivity contribution in [3.63, 3.8) is 0 Å². The summed E-state index contributed by atoms with van der Waals surface area (Å²) in [5.74, 6) is -0.336. The molecule has 0 aliphatic heterocycles. The molecular formula is C15H13Br2NO2. The van der Waals surface area contributed by atoms with E-state index in [0.717, 1.165) is 20.2 Å². The molecule has 0 aliphatic rings. The maximum Gasteiger partial charge on any atom is 0.337 e. The van der Waals surface area contributed by atoms with Crippen LogP contribution in [0.4, 0.5) is 5.69 Å². The molecule has 1 N–H and O–H groups in total. The van der Waals surface area contributed by atoms with E-state index >= 15 is 0 Å². The minimum absolute atomic E-state index is 0.336. The number of halogens is 2. The molecule has 0 atom stereocenters. The van der Waals surface area contributed by atoms with Crippen molar-refractivity contribution in [1.82, 2.24) is 0 Å². The van der Waals surface area contributed by atoms with E-state index in [1.165, 1.54) is 7.11 Å². The summed E-state index contributed by atoms with van der Waals surface area (Å²) in [6, 6.07) is 13.4. The van der Waals surface area contributed by atoms with Gasteiger partial charge >= 0.3 is 5.97 Å². The predicted octanol–water partition coefficient (Wildman–Crippen LogP) is 4.61. The fraction of sp³-hybridized carbons (Fsp3) is 0.133. The Labute approximate surface area is 134 Å². The predicted molar refractivity (Wildman–Crippen MR) is 87.0 cm³/mol. The lowest BCUT2D eigenvalue weighted by Gasteiger charge is -2.09. The summed E-state index contributed by atoms with van der Waals surface area (Å²) in [5.41, 5.74) is 2.63. The van der Waals surface area contributed by atoms with Crippen molar-refractivity contribution in [3.05, 3.63) is 62.5 Å². The van der Waals surface area contributed by atoms with Crippen molar-refractivity contribution in [2.75, 3.05) is 12.4 Å². The third kappa shape index (κ3) is 3.84. The van der Waals surface area contributed by atoms with Gasteiger partial charge in [-0.05, 0) is 35.9 Å². The molecule has 0 heterocycles. The normalized spacial score (nSPS) is 10.2. The Hall–Kier alpha value is -1.33. The van der Waals surface area contributed by atoms with Crippen LogP contribution in [-0.2, 0) is 11.3 Å². The first-order chi connectivity index (χ1) is 9.60. The molecule has 0 radical (unpaired) electrons. The van der Waals surface area contributed by atoms with Crippen molar-refractivity contribution in [2.45, 2.75) is 6.54 Å². The topological polar surface area (TPSA) is 38.3 Å². The van der Waals surface area contributed by atoms with Gasteiger partial charge in [0.25, 0.3) is 0 Å². The zero-order chi connectivity index (χ0) is 14.5. The van der Waals surface area contributed by atoms with Crippen molar-refractivity contribution in [2.24, 2.45) is 0 Å². The van der Waals surface area contributed by atoms with Gasteiger partial charge in [0.1, 0.15) is 0 Å². The van der Waals surface area contributed by atoms with Crippen molar-refractivity contribution >= 4 is 43.5 Å². The van der Waals surface area contributed by atoms with E-state index < -0.39 is 0 Å². The molecule has 0 amide bonds. The highest BCUT2D eigenvalue weighted by Gasteiger charge is 2.08. The van der Waals surface area contributed by atoms with Gasteiger partial charge in [0, 0.05) is 21.2 Å². The molecule has 0 aliphatic carbocycles. The summed E-state index contributed by atoms with van der Waals surface area (Å²) < 4.78 is 6.60. The molecule has 0 saturated carbocycles. The van der Waals surface area contributed by atoms with E-state index in [4.69, 9.17) is 4.74 Å². The van der Waals surface area contributed by atoms with Crippen LogP contribution in [0, 0.1) is 0 Å². The van der Waals surface area contributed by atoms with Crippen molar-refractivity contribution in [3.8, 4) is 0 Å². The maximum atomic E-state index is 11.4. The monoisotopic (exact) mass is 397 g/mol. The quantitative estimate of drug-likeness (QED) is 0.764. The van der Waals surface area contributed by atoms with E-state index in [9.17, 15) is 4.79 Å². The molecular weight excluding hydrogens is 386 g/mol. The van der Waals surface area contributed by atoms with Gasteiger partial charge in [-0.1, -0.05) is 44.0 Å². The average Bonchev–Trinajstić information content (AvgIpc) is 2.45. The lowest BCUT2D eigenvalue weighted by Crippen LogP contribution is -2.04. The Balaban J connectivity index is 2.08. The Morgan fingerprint density at radius 1 is 1.20 bits per heavy atom. The fourth-order valence-electron chi connectivity index (χ4n) is 1.73. The zero-order valence-electron chi connectivity index (χ0n) is 10.8. The van der Waals surface area contributed by atoms with Crippen LogP contribution < -0.4 is 5.32 Å². The standard InChI is InChI=1S/C15H13Br2NO2/c1-20-15(19)10-5-6-11(14(17)7-10)9-18-13-4-2-3-12(16)8-13/h2-8,18H,9H2,1H3. The summed E-state index contributed by atoms with van der Waals surface area (Å²) in [4.78, 5) is 11.4. The lowest BCUT2D eigenvalue weighted by molar-refractivity contribution is 0.0600. The van der Waals surface area contributed by atoms with Crippen molar-refractivity contribution < 1.29 is 9.53 Å². The zero-order valence-corrected chi connectivity index (χ0v) is 14.0. The number of benzene rings is 2. The molecule has 2 rings (SSSR count). The Kier molecular flexibility index (Phi) is 5.20. The third-order valence-electron chi connectivity index (χ3n) is 2.78. The number of carbonyl (C=O) groups excluding carboxylic acids is 1. The lowest BCUT2D eigenvalue weighted by atomic mass is 10.1. The second-order valence-corrected chi connectivity index (χ2v) is 5.93. The number of anilines is 1. The molecule has 0 saturated heterocycles. The fourth-order valence-corrected chi connectivity index (χ4v) is 2.65. The molecule has 0 aromatic heterocycles. The number of rotatable bonds is 4. The average molecular weight is 399 g/mol. The molecule has 104 valence electrons. The first-order valence-electron chi connectivity index (χ1n) is 5.96. The van der Waals surface area contributed by atoms with E-state index in [2.05, 4.69) is 37.2 Å². The highest BCUT2D eigenvalue weighted by molar-refractivity contribution is 9.10. The number of ether oxygens (including phenoxy) is 1. The van der Waals surface area contributed by atoms with Crippen LogP contribution >= 0.6 is 31.9 Å². The molecule has 3 nitrogen and oxygen atoms in total. The largest absolute Gasteiger partial charge is 0.465 e. The van der Waals surface area contributed by atoms with Gasteiger partial charge in [-0.2, -0.15) is 0 Å². The minimum Gasteiger partial charge on any atom is -0.465 e. The number of carbonyl (C=O) groups is 1. The Morgan fingerprint density at radius 2 is 2.00 bits per heavy atom. The van der Waals surface area contributed by atoms with E-state index in [0.29, 0.717) is 12.1 Å². The van der Waals surface area contributed by atoms with Gasteiger partial charge < -0.3 is 10.1 Å². The Bertz CT molecular complexity index is 629. The molecule has 0 bridgehead atoms. The molecule has 0 fully saturated rings. The number of hydrogen-bond acceptors (Lipinski definition) is 3. The van der Waals surface area contributed by atoms with Crippen LogP contribution in [0.5, 0.6) is 0 Å². The van der Waals surface area contributed by atoms with Gasteiger partial charge in [0.05, 0.1) is 12.7 Å². The maximum absolute atomic E-state index is 11.4. The second-order valence-electron chi connectivity index (χ2n) is 4.16. The molecule has 5 heteroatoms. The summed E-state index contributed by atoms with van der Waals surface area (Å²) in [5, 5.41) is 3.33. The highest BCUT2D eigenvalue weighted by Crippen LogP contribution is 2.21. The highest BCUT2D eigenvalue weighted by atomic mass is 79.9. The molecule has 2 aromatic carbocycles. The van der Waals surface area contributed by atoms with Gasteiger partial charge in [-0.3, -0.25) is 0 Å². The number of esters is 1. The summed E-state index contributed by atoms with van der Waals surface area (Å²) >= 11 is 6.91. The molecule has 2 aromatic rings. The van der Waals surface area contributed by atoms with Crippen LogP contribution in [-0.4, -0.2) is 13.1 Å². The van der Waals surface area contributed by atoms with Gasteiger partial charge in [0.2, 0.25) is 0 Å². The van der Waals surface area contributed by atoms with Crippen LogP contribution in [0.25, 0.3) is 0 Å². The summed E-state index contributed by atoms with van der Waals surface area (Å²) in [7, 11) is 1.37. The van der Waals surface area contributed by atoms with Gasteiger partial charge in [-0.25, -0.2) is 4.79 Å². The van der Waals surface area contributed by atoms with Crippen molar-refractivity contribution in [1.29, 1.82) is 0 Å². The Morgan fingerprint density at radius 3 is 2.65 bits per heavy atom. The first kappa shape index (κ1) is 15.1. The van der Waals surface area contributed by atoms with E-state index in [-0.39, 0.29) is 5.97 Å². The van der Waals surface area contributed by atoms with Crippen LogP contribution in [0.2, 0.25) is 0 Å². The smallest absolute Gasteiger partial charge is 0.337 e. The molecule has 20 heavy (non-hydrogen) atoms. The SMILES string of the molecule is COC(=O)c1ccc(CNc2cccc(Br)c2)c(Br)c1. The molecule has 0 spiro atoms. The van der Waals surface area contributed by atoms with E-state index in [1.54, 1.807) is 12.1 Å².